The lowest BCUT2D eigenvalue weighted by molar-refractivity contribution is 0.0943. The van der Waals surface area contributed by atoms with Crippen molar-refractivity contribution in [1.29, 1.82) is 0 Å². The van der Waals surface area contributed by atoms with Crippen LogP contribution in [0.2, 0.25) is 0 Å². The molecular formula is C16H20N2OS. The molecule has 0 aliphatic rings. The van der Waals surface area contributed by atoms with Crippen molar-refractivity contribution in [2.24, 2.45) is 0 Å². The van der Waals surface area contributed by atoms with Gasteiger partial charge in [0.15, 0.2) is 0 Å². The zero-order valence-electron chi connectivity index (χ0n) is 12.1. The summed E-state index contributed by atoms with van der Waals surface area (Å²) < 4.78 is 0. The van der Waals surface area contributed by atoms with Gasteiger partial charge in [-0.25, -0.2) is 4.98 Å². The molecule has 20 heavy (non-hydrogen) atoms. The SMILES string of the molecule is CCC[C@@H](C)NC(=O)c1sc(C)nc1-c1ccccc1. The monoisotopic (exact) mass is 288 g/mol. The van der Waals surface area contributed by atoms with Gasteiger partial charge in [0.05, 0.1) is 10.7 Å². The van der Waals surface area contributed by atoms with Gasteiger partial charge in [-0.1, -0.05) is 43.7 Å². The summed E-state index contributed by atoms with van der Waals surface area (Å²) in [6.45, 7) is 6.09. The minimum absolute atomic E-state index is 0.0181. The lowest BCUT2D eigenvalue weighted by atomic mass is 10.1. The maximum atomic E-state index is 12.4. The fourth-order valence-electron chi connectivity index (χ4n) is 2.17. The molecule has 4 heteroatoms. The Kier molecular flexibility index (Phi) is 4.90. The molecule has 0 aliphatic heterocycles. The highest BCUT2D eigenvalue weighted by molar-refractivity contribution is 7.14. The quantitative estimate of drug-likeness (QED) is 0.902. The number of carbonyl (C=O) groups excluding carboxylic acids is 1. The molecule has 3 nitrogen and oxygen atoms in total. The van der Waals surface area contributed by atoms with Gasteiger partial charge in [0.25, 0.3) is 5.91 Å². The van der Waals surface area contributed by atoms with Crippen molar-refractivity contribution in [3.63, 3.8) is 0 Å². The summed E-state index contributed by atoms with van der Waals surface area (Å²) in [6.07, 6.45) is 2.05. The Morgan fingerprint density at radius 1 is 1.35 bits per heavy atom. The Hall–Kier alpha value is -1.68. The van der Waals surface area contributed by atoms with E-state index in [0.717, 1.165) is 29.1 Å². The normalized spacial score (nSPS) is 12.2. The molecule has 0 radical (unpaired) electrons. The Bertz CT molecular complexity index is 577. The van der Waals surface area contributed by atoms with E-state index in [9.17, 15) is 4.79 Å². The zero-order valence-corrected chi connectivity index (χ0v) is 13.0. The standard InChI is InChI=1S/C16H20N2OS/c1-4-8-11(2)17-16(19)15-14(18-12(3)20-15)13-9-6-5-7-10-13/h5-7,9-11H,4,8H2,1-3H3,(H,17,19)/t11-/m1/s1. The Labute approximate surface area is 124 Å². The fraction of sp³-hybridized carbons (Fsp3) is 0.375. The summed E-state index contributed by atoms with van der Waals surface area (Å²) in [5.74, 6) is -0.0181. The van der Waals surface area contributed by atoms with E-state index in [2.05, 4.69) is 17.2 Å². The molecule has 1 atom stereocenters. The third-order valence-corrected chi connectivity index (χ3v) is 4.06. The van der Waals surface area contributed by atoms with E-state index >= 15 is 0 Å². The highest BCUT2D eigenvalue weighted by Crippen LogP contribution is 2.27. The first-order chi connectivity index (χ1) is 9.61. The largest absolute Gasteiger partial charge is 0.349 e. The number of benzene rings is 1. The maximum absolute atomic E-state index is 12.4. The van der Waals surface area contributed by atoms with E-state index in [1.807, 2.05) is 44.2 Å². The number of carbonyl (C=O) groups is 1. The molecule has 0 saturated heterocycles. The number of aromatic nitrogens is 1. The molecule has 1 aromatic heterocycles. The molecule has 106 valence electrons. The van der Waals surface area contributed by atoms with Crippen LogP contribution in [0.5, 0.6) is 0 Å². The van der Waals surface area contributed by atoms with Crippen LogP contribution in [0.3, 0.4) is 0 Å². The highest BCUT2D eigenvalue weighted by Gasteiger charge is 2.19. The van der Waals surface area contributed by atoms with Gasteiger partial charge in [-0.15, -0.1) is 11.3 Å². The van der Waals surface area contributed by atoms with Gasteiger partial charge in [0.2, 0.25) is 0 Å². The van der Waals surface area contributed by atoms with Crippen molar-refractivity contribution in [1.82, 2.24) is 10.3 Å². The first-order valence-corrected chi connectivity index (χ1v) is 7.77. The Morgan fingerprint density at radius 2 is 2.05 bits per heavy atom. The molecule has 0 fully saturated rings. The zero-order chi connectivity index (χ0) is 14.5. The Morgan fingerprint density at radius 3 is 2.70 bits per heavy atom. The molecule has 1 aromatic carbocycles. The Balaban J connectivity index is 2.26. The first-order valence-electron chi connectivity index (χ1n) is 6.95. The van der Waals surface area contributed by atoms with E-state index < -0.39 is 0 Å². The second kappa shape index (κ2) is 6.66. The summed E-state index contributed by atoms with van der Waals surface area (Å²) in [5.41, 5.74) is 1.78. The molecule has 1 N–H and O–H groups in total. The summed E-state index contributed by atoms with van der Waals surface area (Å²) in [6, 6.07) is 10.1. The van der Waals surface area contributed by atoms with Crippen LogP contribution >= 0.6 is 11.3 Å². The second-order valence-electron chi connectivity index (χ2n) is 4.94. The van der Waals surface area contributed by atoms with E-state index in [1.165, 1.54) is 11.3 Å². The van der Waals surface area contributed by atoms with Crippen LogP contribution in [0.15, 0.2) is 30.3 Å². The minimum Gasteiger partial charge on any atom is -0.349 e. The fourth-order valence-corrected chi connectivity index (χ4v) is 3.01. The summed E-state index contributed by atoms with van der Waals surface area (Å²) in [4.78, 5) is 17.6. The van der Waals surface area contributed by atoms with Crippen LogP contribution in [0.25, 0.3) is 11.3 Å². The number of nitrogens with one attached hydrogen (secondary N) is 1. The van der Waals surface area contributed by atoms with Gasteiger partial charge in [0.1, 0.15) is 4.88 Å². The molecule has 2 rings (SSSR count). The first kappa shape index (κ1) is 14.7. The number of hydrogen-bond donors (Lipinski definition) is 1. The number of amides is 1. The number of nitrogens with zero attached hydrogens (tertiary/aromatic N) is 1. The van der Waals surface area contributed by atoms with Crippen molar-refractivity contribution in [3.8, 4) is 11.3 Å². The van der Waals surface area contributed by atoms with Crippen molar-refractivity contribution < 1.29 is 4.79 Å². The third kappa shape index (κ3) is 3.45. The predicted octanol–water partition coefficient (Wildman–Crippen LogP) is 4.04. The third-order valence-electron chi connectivity index (χ3n) is 3.09. The van der Waals surface area contributed by atoms with Crippen molar-refractivity contribution in [2.75, 3.05) is 0 Å². The molecule has 0 aliphatic carbocycles. The van der Waals surface area contributed by atoms with Crippen molar-refractivity contribution in [2.45, 2.75) is 39.7 Å². The number of hydrogen-bond acceptors (Lipinski definition) is 3. The predicted molar refractivity (Wildman–Crippen MR) is 84.1 cm³/mol. The van der Waals surface area contributed by atoms with Crippen LogP contribution < -0.4 is 5.32 Å². The van der Waals surface area contributed by atoms with E-state index in [1.54, 1.807) is 0 Å². The molecule has 0 unspecified atom stereocenters. The van der Waals surface area contributed by atoms with Gasteiger partial charge in [-0.05, 0) is 20.3 Å². The lowest BCUT2D eigenvalue weighted by Gasteiger charge is -2.12. The van der Waals surface area contributed by atoms with Gasteiger partial charge in [-0.2, -0.15) is 0 Å². The van der Waals surface area contributed by atoms with Crippen LogP contribution in [-0.2, 0) is 0 Å². The van der Waals surface area contributed by atoms with Gasteiger partial charge in [-0.3, -0.25) is 4.79 Å². The van der Waals surface area contributed by atoms with E-state index in [-0.39, 0.29) is 11.9 Å². The molecule has 1 heterocycles. The van der Waals surface area contributed by atoms with Gasteiger partial charge < -0.3 is 5.32 Å². The van der Waals surface area contributed by atoms with E-state index in [4.69, 9.17) is 0 Å². The average Bonchev–Trinajstić information content (AvgIpc) is 2.82. The molecule has 0 spiro atoms. The average molecular weight is 288 g/mol. The van der Waals surface area contributed by atoms with Crippen molar-refractivity contribution >= 4 is 17.2 Å². The molecule has 2 aromatic rings. The summed E-state index contributed by atoms with van der Waals surface area (Å²) in [7, 11) is 0. The van der Waals surface area contributed by atoms with E-state index in [0.29, 0.717) is 4.88 Å². The highest BCUT2D eigenvalue weighted by atomic mass is 32.1. The minimum atomic E-state index is -0.0181. The molecule has 0 bridgehead atoms. The van der Waals surface area contributed by atoms with Crippen molar-refractivity contribution in [3.05, 3.63) is 40.2 Å². The summed E-state index contributed by atoms with van der Waals surface area (Å²) >= 11 is 1.45. The van der Waals surface area contributed by atoms with Crippen LogP contribution in [0, 0.1) is 6.92 Å². The maximum Gasteiger partial charge on any atom is 0.263 e. The van der Waals surface area contributed by atoms with Crippen LogP contribution in [0.1, 0.15) is 41.4 Å². The molecular weight excluding hydrogens is 268 g/mol. The second-order valence-corrected chi connectivity index (χ2v) is 6.14. The van der Waals surface area contributed by atoms with Crippen LogP contribution in [0.4, 0.5) is 0 Å². The van der Waals surface area contributed by atoms with Gasteiger partial charge >= 0.3 is 0 Å². The molecule has 0 saturated carbocycles. The lowest BCUT2D eigenvalue weighted by Crippen LogP contribution is -2.32. The number of rotatable bonds is 5. The van der Waals surface area contributed by atoms with Gasteiger partial charge in [0, 0.05) is 11.6 Å². The summed E-state index contributed by atoms with van der Waals surface area (Å²) in [5, 5.41) is 3.97. The molecule has 1 amide bonds. The number of thiazole rings is 1. The topological polar surface area (TPSA) is 42.0 Å². The van der Waals surface area contributed by atoms with Crippen LogP contribution in [-0.4, -0.2) is 16.9 Å². The number of aryl methyl sites for hydroxylation is 1. The smallest absolute Gasteiger partial charge is 0.263 e.